The van der Waals surface area contributed by atoms with Crippen LogP contribution in [0.2, 0.25) is 0 Å². The lowest BCUT2D eigenvalue weighted by atomic mass is 10.00. The SMILES string of the molecule is CC(=O)O.CC(=O)O.N[C@@H](Cc1cnc[nH]1)C(=O)N1CCc2nc(C3CCOCC3)nn2CC1. The average molecular weight is 480 g/mol. The Morgan fingerprint density at radius 1 is 1.18 bits per heavy atom. The van der Waals surface area contributed by atoms with Gasteiger partial charge in [-0.1, -0.05) is 0 Å². The summed E-state index contributed by atoms with van der Waals surface area (Å²) in [5.41, 5.74) is 6.98. The van der Waals surface area contributed by atoms with Crippen molar-refractivity contribution in [2.75, 3.05) is 26.3 Å². The van der Waals surface area contributed by atoms with E-state index in [9.17, 15) is 4.79 Å². The topological polar surface area (TPSA) is 190 Å². The number of nitrogens with two attached hydrogens (primary N) is 1. The second kappa shape index (κ2) is 13.4. The van der Waals surface area contributed by atoms with Crippen LogP contribution in [0, 0.1) is 0 Å². The van der Waals surface area contributed by atoms with Crippen LogP contribution >= 0.6 is 0 Å². The molecule has 2 aromatic heterocycles. The molecule has 0 aromatic carbocycles. The minimum atomic E-state index is -0.833. The van der Waals surface area contributed by atoms with Gasteiger partial charge in [0.15, 0.2) is 5.82 Å². The molecular weight excluding hydrogens is 446 g/mol. The van der Waals surface area contributed by atoms with E-state index in [-0.39, 0.29) is 5.91 Å². The summed E-state index contributed by atoms with van der Waals surface area (Å²) in [6.07, 6.45) is 6.43. The number of hydrogen-bond acceptors (Lipinski definition) is 8. The molecule has 1 fully saturated rings. The lowest BCUT2D eigenvalue weighted by Crippen LogP contribution is -2.46. The van der Waals surface area contributed by atoms with Gasteiger partial charge in [0.2, 0.25) is 5.91 Å². The molecule has 0 radical (unpaired) electrons. The lowest BCUT2D eigenvalue weighted by molar-refractivity contribution is -0.135. The summed E-state index contributed by atoms with van der Waals surface area (Å²) < 4.78 is 7.38. The standard InChI is InChI=1S/C17H25N7O2.2C2H4O2/c18-14(9-13-10-19-11-20-13)17(25)23-4-1-15-21-16(22-24(15)6-5-23)12-2-7-26-8-3-12;2*1-2(3)4/h10-12,14H,1-9,18H2,(H,19,20);2*1H3,(H,3,4)/t14-;;/m0../s1. The molecule has 13 nitrogen and oxygen atoms in total. The van der Waals surface area contributed by atoms with Crippen LogP contribution in [0.25, 0.3) is 0 Å². The average Bonchev–Trinajstić information content (AvgIpc) is 3.39. The quantitative estimate of drug-likeness (QED) is 0.465. The molecule has 34 heavy (non-hydrogen) atoms. The molecule has 0 saturated carbocycles. The van der Waals surface area contributed by atoms with Crippen molar-refractivity contribution < 1.29 is 29.3 Å². The predicted octanol–water partition coefficient (Wildman–Crippen LogP) is 0.0317. The first-order chi connectivity index (χ1) is 16.2. The van der Waals surface area contributed by atoms with Crippen molar-refractivity contribution in [2.24, 2.45) is 5.73 Å². The van der Waals surface area contributed by atoms with Crippen molar-refractivity contribution in [3.8, 4) is 0 Å². The van der Waals surface area contributed by atoms with Gasteiger partial charge in [-0.05, 0) is 12.8 Å². The highest BCUT2D eigenvalue weighted by Gasteiger charge is 2.27. The molecule has 4 rings (SSSR count). The molecule has 1 atom stereocenters. The van der Waals surface area contributed by atoms with Gasteiger partial charge in [-0.3, -0.25) is 14.4 Å². The van der Waals surface area contributed by atoms with E-state index in [2.05, 4.69) is 9.97 Å². The van der Waals surface area contributed by atoms with Crippen molar-refractivity contribution in [3.05, 3.63) is 29.9 Å². The van der Waals surface area contributed by atoms with Gasteiger partial charge < -0.3 is 30.6 Å². The van der Waals surface area contributed by atoms with Crippen molar-refractivity contribution in [3.63, 3.8) is 0 Å². The molecule has 0 bridgehead atoms. The number of nitrogens with one attached hydrogen (secondary N) is 1. The molecular formula is C21H33N7O6. The van der Waals surface area contributed by atoms with Gasteiger partial charge in [0.25, 0.3) is 11.9 Å². The van der Waals surface area contributed by atoms with Gasteiger partial charge in [-0.25, -0.2) is 14.6 Å². The predicted molar refractivity (Wildman–Crippen MR) is 120 cm³/mol. The Bertz CT molecular complexity index is 879. The third-order valence-corrected chi connectivity index (χ3v) is 5.16. The summed E-state index contributed by atoms with van der Waals surface area (Å²) in [7, 11) is 0. The normalized spacial score (nSPS) is 16.6. The number of fused-ring (bicyclic) bond motifs is 1. The summed E-state index contributed by atoms with van der Waals surface area (Å²) >= 11 is 0. The fraction of sp³-hybridized carbons (Fsp3) is 0.619. The highest BCUT2D eigenvalue weighted by Crippen LogP contribution is 2.25. The lowest BCUT2D eigenvalue weighted by Gasteiger charge is -2.23. The highest BCUT2D eigenvalue weighted by atomic mass is 16.5. The van der Waals surface area contributed by atoms with Crippen LogP contribution in [0.4, 0.5) is 0 Å². The molecule has 4 heterocycles. The van der Waals surface area contributed by atoms with Crippen LogP contribution in [0.15, 0.2) is 12.5 Å². The number of rotatable bonds is 4. The Morgan fingerprint density at radius 2 is 1.82 bits per heavy atom. The highest BCUT2D eigenvalue weighted by molar-refractivity contribution is 5.82. The van der Waals surface area contributed by atoms with Crippen LogP contribution < -0.4 is 5.73 Å². The molecule has 0 aliphatic carbocycles. The molecule has 13 heteroatoms. The van der Waals surface area contributed by atoms with Crippen molar-refractivity contribution in [1.29, 1.82) is 0 Å². The molecule has 1 saturated heterocycles. The van der Waals surface area contributed by atoms with Gasteiger partial charge in [0.1, 0.15) is 5.82 Å². The first-order valence-electron chi connectivity index (χ1n) is 11.1. The Morgan fingerprint density at radius 3 is 2.41 bits per heavy atom. The molecule has 188 valence electrons. The number of aromatic nitrogens is 5. The number of H-pyrrole nitrogens is 1. The molecule has 2 aliphatic rings. The number of nitrogens with zero attached hydrogens (tertiary/aromatic N) is 5. The van der Waals surface area contributed by atoms with Crippen LogP contribution in [-0.4, -0.2) is 90.0 Å². The number of carboxylic acid groups (broad SMARTS) is 2. The van der Waals surface area contributed by atoms with E-state index in [0.29, 0.717) is 38.4 Å². The first-order valence-corrected chi connectivity index (χ1v) is 11.1. The van der Waals surface area contributed by atoms with E-state index in [0.717, 1.165) is 57.2 Å². The van der Waals surface area contributed by atoms with E-state index in [1.165, 1.54) is 0 Å². The van der Waals surface area contributed by atoms with E-state index < -0.39 is 18.0 Å². The van der Waals surface area contributed by atoms with E-state index >= 15 is 0 Å². The second-order valence-corrected chi connectivity index (χ2v) is 8.00. The maximum Gasteiger partial charge on any atom is 0.300 e. The van der Waals surface area contributed by atoms with Crippen LogP contribution in [0.3, 0.4) is 0 Å². The third-order valence-electron chi connectivity index (χ3n) is 5.16. The molecule has 2 aliphatic heterocycles. The Balaban J connectivity index is 0.000000446. The number of aliphatic carboxylic acids is 2. The fourth-order valence-corrected chi connectivity index (χ4v) is 3.62. The maximum atomic E-state index is 12.7. The van der Waals surface area contributed by atoms with Crippen LogP contribution in [0.5, 0.6) is 0 Å². The minimum absolute atomic E-state index is 0.0324. The molecule has 1 amide bonds. The third kappa shape index (κ3) is 8.90. The monoisotopic (exact) mass is 479 g/mol. The molecule has 2 aromatic rings. The van der Waals surface area contributed by atoms with Crippen molar-refractivity contribution >= 4 is 17.8 Å². The summed E-state index contributed by atoms with van der Waals surface area (Å²) in [4.78, 5) is 44.2. The Hall–Kier alpha value is -3.32. The Labute approximate surface area is 197 Å². The molecule has 0 spiro atoms. The number of amides is 1. The van der Waals surface area contributed by atoms with E-state index in [1.54, 1.807) is 12.5 Å². The number of ether oxygens (including phenoxy) is 1. The zero-order chi connectivity index (χ0) is 25.1. The number of imidazole rings is 1. The van der Waals surface area contributed by atoms with E-state index in [1.807, 2.05) is 9.58 Å². The first kappa shape index (κ1) is 26.9. The number of carbonyl (C=O) groups excluding carboxylic acids is 1. The van der Waals surface area contributed by atoms with Gasteiger partial charge in [-0.15, -0.1) is 0 Å². The summed E-state index contributed by atoms with van der Waals surface area (Å²) in [5.74, 6) is 0.585. The minimum Gasteiger partial charge on any atom is -0.481 e. The second-order valence-electron chi connectivity index (χ2n) is 8.00. The van der Waals surface area contributed by atoms with Gasteiger partial charge in [-0.2, -0.15) is 5.10 Å². The zero-order valence-corrected chi connectivity index (χ0v) is 19.5. The van der Waals surface area contributed by atoms with E-state index in [4.69, 9.17) is 40.4 Å². The Kier molecular flexibility index (Phi) is 10.6. The summed E-state index contributed by atoms with van der Waals surface area (Å²) in [6, 6.07) is -0.563. The van der Waals surface area contributed by atoms with Crippen molar-refractivity contribution in [1.82, 2.24) is 29.6 Å². The van der Waals surface area contributed by atoms with Gasteiger partial charge in [0.05, 0.1) is 18.9 Å². The number of hydrogen-bond donors (Lipinski definition) is 4. The molecule has 0 unspecified atom stereocenters. The van der Waals surface area contributed by atoms with Crippen molar-refractivity contribution in [2.45, 2.75) is 58.0 Å². The number of aromatic amines is 1. The van der Waals surface area contributed by atoms with Crippen LogP contribution in [-0.2, 0) is 38.5 Å². The number of carboxylic acids is 2. The maximum absolute atomic E-state index is 12.7. The van der Waals surface area contributed by atoms with Crippen LogP contribution in [0.1, 0.15) is 49.9 Å². The fourth-order valence-electron chi connectivity index (χ4n) is 3.62. The van der Waals surface area contributed by atoms with Gasteiger partial charge in [0, 0.05) is 70.8 Å². The summed E-state index contributed by atoms with van der Waals surface area (Å²) in [5, 5.41) is 19.5. The number of carbonyl (C=O) groups is 3. The smallest absolute Gasteiger partial charge is 0.300 e. The summed E-state index contributed by atoms with van der Waals surface area (Å²) in [6.45, 7) is 5.63. The molecule has 5 N–H and O–H groups in total. The zero-order valence-electron chi connectivity index (χ0n) is 19.5. The van der Waals surface area contributed by atoms with Gasteiger partial charge >= 0.3 is 0 Å². The largest absolute Gasteiger partial charge is 0.481 e.